The summed E-state index contributed by atoms with van der Waals surface area (Å²) in [5.74, 6) is -0.659. The molecule has 1 saturated heterocycles. The van der Waals surface area contributed by atoms with Gasteiger partial charge in [-0.15, -0.1) is 0 Å². The minimum Gasteiger partial charge on any atom is -0.394 e. The molecule has 4 nitrogen and oxygen atoms in total. The maximum atomic E-state index is 11.8. The molecule has 0 aromatic heterocycles. The van der Waals surface area contributed by atoms with Gasteiger partial charge in [-0.1, -0.05) is 6.92 Å². The van der Waals surface area contributed by atoms with Crippen LogP contribution in [0.5, 0.6) is 0 Å². The molecule has 2 atom stereocenters. The Kier molecular flexibility index (Phi) is 3.90. The van der Waals surface area contributed by atoms with Crippen LogP contribution in [0.4, 0.5) is 0 Å². The van der Waals surface area contributed by atoms with E-state index in [2.05, 4.69) is 0 Å². The van der Waals surface area contributed by atoms with Crippen LogP contribution in [0.3, 0.4) is 0 Å². The minimum atomic E-state index is -0.540. The van der Waals surface area contributed by atoms with Gasteiger partial charge in [0.2, 0.25) is 5.91 Å². The molecule has 1 aliphatic rings. The molecule has 1 amide bonds. The van der Waals surface area contributed by atoms with Gasteiger partial charge in [-0.05, 0) is 19.3 Å². The average Bonchev–Trinajstić information content (AvgIpc) is 2.67. The predicted octanol–water partition coefficient (Wildman–Crippen LogP) is 0.519. The van der Waals surface area contributed by atoms with Crippen molar-refractivity contribution in [1.29, 1.82) is 5.26 Å². The molecule has 78 valence electrons. The number of likely N-dealkylation sites (tertiary alicyclic amines) is 1. The van der Waals surface area contributed by atoms with Crippen molar-refractivity contribution in [3.8, 4) is 6.07 Å². The summed E-state index contributed by atoms with van der Waals surface area (Å²) in [7, 11) is 0. The van der Waals surface area contributed by atoms with Crippen LogP contribution in [-0.4, -0.2) is 35.1 Å². The Bertz CT molecular complexity index is 247. The highest BCUT2D eigenvalue weighted by Gasteiger charge is 2.31. The summed E-state index contributed by atoms with van der Waals surface area (Å²) in [6.07, 6.45) is 2.33. The van der Waals surface area contributed by atoms with E-state index in [0.717, 1.165) is 12.8 Å². The summed E-state index contributed by atoms with van der Waals surface area (Å²) >= 11 is 0. The maximum absolute atomic E-state index is 11.8. The Labute approximate surface area is 84.1 Å². The van der Waals surface area contributed by atoms with Gasteiger partial charge in [-0.2, -0.15) is 5.26 Å². The SMILES string of the molecule is CCC(C#N)C(=O)N1CCCC1CO. The normalized spacial score (nSPS) is 23.2. The van der Waals surface area contributed by atoms with E-state index in [1.165, 1.54) is 0 Å². The summed E-state index contributed by atoms with van der Waals surface area (Å²) in [5, 5.41) is 17.8. The highest BCUT2D eigenvalue weighted by Crippen LogP contribution is 2.20. The molecule has 0 spiro atoms. The molecular weight excluding hydrogens is 180 g/mol. The molecule has 0 aromatic carbocycles. The number of nitrogens with zero attached hydrogens (tertiary/aromatic N) is 2. The van der Waals surface area contributed by atoms with Crippen LogP contribution in [0.1, 0.15) is 26.2 Å². The number of aliphatic hydroxyl groups excluding tert-OH is 1. The van der Waals surface area contributed by atoms with E-state index < -0.39 is 5.92 Å². The first-order valence-electron chi connectivity index (χ1n) is 5.05. The van der Waals surface area contributed by atoms with E-state index in [0.29, 0.717) is 13.0 Å². The first-order chi connectivity index (χ1) is 6.74. The fourth-order valence-corrected chi connectivity index (χ4v) is 1.84. The Morgan fingerprint density at radius 2 is 2.50 bits per heavy atom. The van der Waals surface area contributed by atoms with Crippen molar-refractivity contribution in [2.24, 2.45) is 5.92 Å². The molecule has 4 heteroatoms. The molecule has 1 rings (SSSR count). The zero-order chi connectivity index (χ0) is 10.6. The van der Waals surface area contributed by atoms with Crippen molar-refractivity contribution < 1.29 is 9.90 Å². The largest absolute Gasteiger partial charge is 0.394 e. The monoisotopic (exact) mass is 196 g/mol. The fourth-order valence-electron chi connectivity index (χ4n) is 1.84. The quantitative estimate of drug-likeness (QED) is 0.715. The van der Waals surface area contributed by atoms with Gasteiger partial charge in [0.15, 0.2) is 0 Å². The van der Waals surface area contributed by atoms with E-state index >= 15 is 0 Å². The second-order valence-electron chi connectivity index (χ2n) is 3.60. The third kappa shape index (κ3) is 2.05. The van der Waals surface area contributed by atoms with Crippen molar-refractivity contribution >= 4 is 5.91 Å². The number of amides is 1. The number of aliphatic hydroxyl groups is 1. The number of rotatable bonds is 3. The van der Waals surface area contributed by atoms with E-state index in [4.69, 9.17) is 10.4 Å². The van der Waals surface area contributed by atoms with Gasteiger partial charge in [0.1, 0.15) is 5.92 Å². The van der Waals surface area contributed by atoms with Crippen molar-refractivity contribution in [2.75, 3.05) is 13.2 Å². The molecule has 1 aliphatic heterocycles. The summed E-state index contributed by atoms with van der Waals surface area (Å²) in [5.41, 5.74) is 0. The lowest BCUT2D eigenvalue weighted by Gasteiger charge is -2.24. The number of carbonyl (C=O) groups is 1. The number of hydrogen-bond acceptors (Lipinski definition) is 3. The van der Waals surface area contributed by atoms with Crippen molar-refractivity contribution in [3.05, 3.63) is 0 Å². The molecule has 0 bridgehead atoms. The molecule has 0 aromatic rings. The topological polar surface area (TPSA) is 64.3 Å². The smallest absolute Gasteiger partial charge is 0.240 e. The first-order valence-corrected chi connectivity index (χ1v) is 5.05. The summed E-state index contributed by atoms with van der Waals surface area (Å²) in [6, 6.07) is 1.94. The highest BCUT2D eigenvalue weighted by molar-refractivity contribution is 5.81. The highest BCUT2D eigenvalue weighted by atomic mass is 16.3. The molecular formula is C10H16N2O2. The van der Waals surface area contributed by atoms with Crippen LogP contribution in [0, 0.1) is 17.2 Å². The molecule has 1 heterocycles. The predicted molar refractivity (Wildman–Crippen MR) is 51.2 cm³/mol. The third-order valence-electron chi connectivity index (χ3n) is 2.73. The lowest BCUT2D eigenvalue weighted by molar-refractivity contribution is -0.135. The first kappa shape index (κ1) is 11.0. The Hall–Kier alpha value is -1.08. The van der Waals surface area contributed by atoms with Crippen molar-refractivity contribution in [3.63, 3.8) is 0 Å². The minimum absolute atomic E-state index is 0.00754. The number of nitriles is 1. The second kappa shape index (κ2) is 4.97. The number of carbonyl (C=O) groups excluding carboxylic acids is 1. The van der Waals surface area contributed by atoms with Crippen LogP contribution in [0.15, 0.2) is 0 Å². The molecule has 0 aliphatic carbocycles. The van der Waals surface area contributed by atoms with Gasteiger partial charge in [-0.3, -0.25) is 4.79 Å². The van der Waals surface area contributed by atoms with Gasteiger partial charge in [0.05, 0.1) is 18.7 Å². The van der Waals surface area contributed by atoms with Gasteiger partial charge < -0.3 is 10.0 Å². The molecule has 0 radical (unpaired) electrons. The molecule has 2 unspecified atom stereocenters. The maximum Gasteiger partial charge on any atom is 0.240 e. The molecule has 0 saturated carbocycles. The standard InChI is InChI=1S/C10H16N2O2/c1-2-8(6-11)10(14)12-5-3-4-9(12)7-13/h8-9,13H,2-5,7H2,1H3. The molecule has 14 heavy (non-hydrogen) atoms. The third-order valence-corrected chi connectivity index (χ3v) is 2.73. The van der Waals surface area contributed by atoms with E-state index in [-0.39, 0.29) is 18.6 Å². The Balaban J connectivity index is 2.64. The Morgan fingerprint density at radius 3 is 3.00 bits per heavy atom. The second-order valence-corrected chi connectivity index (χ2v) is 3.60. The Morgan fingerprint density at radius 1 is 1.79 bits per heavy atom. The van der Waals surface area contributed by atoms with Crippen LogP contribution in [-0.2, 0) is 4.79 Å². The van der Waals surface area contributed by atoms with Gasteiger partial charge in [0, 0.05) is 6.54 Å². The zero-order valence-electron chi connectivity index (χ0n) is 8.44. The van der Waals surface area contributed by atoms with Crippen LogP contribution in [0.25, 0.3) is 0 Å². The summed E-state index contributed by atoms with van der Waals surface area (Å²) in [6.45, 7) is 2.52. The van der Waals surface area contributed by atoms with Crippen molar-refractivity contribution in [2.45, 2.75) is 32.2 Å². The molecule has 1 N–H and O–H groups in total. The fraction of sp³-hybridized carbons (Fsp3) is 0.800. The average molecular weight is 196 g/mol. The lowest BCUT2D eigenvalue weighted by atomic mass is 10.1. The van der Waals surface area contributed by atoms with E-state index in [1.54, 1.807) is 4.90 Å². The van der Waals surface area contributed by atoms with Gasteiger partial charge in [-0.25, -0.2) is 0 Å². The molecule has 1 fully saturated rings. The zero-order valence-corrected chi connectivity index (χ0v) is 8.44. The van der Waals surface area contributed by atoms with Gasteiger partial charge >= 0.3 is 0 Å². The van der Waals surface area contributed by atoms with Crippen LogP contribution >= 0.6 is 0 Å². The lowest BCUT2D eigenvalue weighted by Crippen LogP contribution is -2.40. The summed E-state index contributed by atoms with van der Waals surface area (Å²) < 4.78 is 0. The summed E-state index contributed by atoms with van der Waals surface area (Å²) in [4.78, 5) is 13.4. The van der Waals surface area contributed by atoms with E-state index in [1.807, 2.05) is 13.0 Å². The van der Waals surface area contributed by atoms with Crippen molar-refractivity contribution in [1.82, 2.24) is 4.90 Å². The van der Waals surface area contributed by atoms with Gasteiger partial charge in [0.25, 0.3) is 0 Å². The van der Waals surface area contributed by atoms with Crippen LogP contribution < -0.4 is 0 Å². The van der Waals surface area contributed by atoms with E-state index in [9.17, 15) is 4.79 Å². The van der Waals surface area contributed by atoms with Crippen LogP contribution in [0.2, 0.25) is 0 Å². The number of hydrogen-bond donors (Lipinski definition) is 1.